The Labute approximate surface area is 127 Å². The lowest BCUT2D eigenvalue weighted by Gasteiger charge is -2.18. The van der Waals surface area contributed by atoms with Gasteiger partial charge in [-0.25, -0.2) is 4.79 Å². The molecule has 4 nitrogen and oxygen atoms in total. The van der Waals surface area contributed by atoms with Crippen molar-refractivity contribution in [3.05, 3.63) is 29.8 Å². The van der Waals surface area contributed by atoms with E-state index in [-0.39, 0.29) is 17.9 Å². The van der Waals surface area contributed by atoms with Crippen LogP contribution in [0.5, 0.6) is 0 Å². The van der Waals surface area contributed by atoms with Gasteiger partial charge in [0.15, 0.2) is 0 Å². The first-order valence-electron chi connectivity index (χ1n) is 7.03. The fraction of sp³-hybridized carbons (Fsp3) is 0.533. The molecule has 0 aliphatic heterocycles. The van der Waals surface area contributed by atoms with E-state index in [4.69, 9.17) is 0 Å². The fourth-order valence-electron chi connectivity index (χ4n) is 2.09. The average molecular weight is 318 g/mol. The number of benzene rings is 1. The Kier molecular flexibility index (Phi) is 6.67. The number of rotatable bonds is 6. The summed E-state index contributed by atoms with van der Waals surface area (Å²) in [5.74, 6) is 0.299. The summed E-state index contributed by atoms with van der Waals surface area (Å²) in [4.78, 5) is 11.8. The van der Waals surface area contributed by atoms with E-state index in [0.717, 1.165) is 0 Å². The number of aliphatic hydroxyl groups excluding tert-OH is 1. The summed E-state index contributed by atoms with van der Waals surface area (Å²) >= 11 is 0. The summed E-state index contributed by atoms with van der Waals surface area (Å²) in [5, 5.41) is 14.3. The van der Waals surface area contributed by atoms with Gasteiger partial charge in [0, 0.05) is 5.69 Å². The van der Waals surface area contributed by atoms with E-state index in [0.29, 0.717) is 12.3 Å². The third kappa shape index (κ3) is 7.31. The maximum Gasteiger partial charge on any atom is 0.393 e. The van der Waals surface area contributed by atoms with Crippen molar-refractivity contribution >= 4 is 11.7 Å². The van der Waals surface area contributed by atoms with Crippen molar-refractivity contribution in [1.82, 2.24) is 5.32 Å². The molecule has 1 atom stereocenters. The van der Waals surface area contributed by atoms with Gasteiger partial charge in [-0.3, -0.25) is 0 Å². The zero-order chi connectivity index (χ0) is 16.8. The first-order valence-corrected chi connectivity index (χ1v) is 7.03. The van der Waals surface area contributed by atoms with Crippen LogP contribution in [0.2, 0.25) is 0 Å². The van der Waals surface area contributed by atoms with Gasteiger partial charge in [0.1, 0.15) is 0 Å². The van der Waals surface area contributed by atoms with Crippen LogP contribution in [0.4, 0.5) is 23.7 Å². The highest BCUT2D eigenvalue weighted by Crippen LogP contribution is 2.22. The Morgan fingerprint density at radius 2 is 2.00 bits per heavy atom. The topological polar surface area (TPSA) is 61.4 Å². The fourth-order valence-corrected chi connectivity index (χ4v) is 2.09. The van der Waals surface area contributed by atoms with Gasteiger partial charge < -0.3 is 15.7 Å². The summed E-state index contributed by atoms with van der Waals surface area (Å²) in [6.45, 7) is 3.73. The predicted octanol–water partition coefficient (Wildman–Crippen LogP) is 3.32. The number of hydrogen-bond donors (Lipinski definition) is 3. The number of anilines is 1. The Bertz CT molecular complexity index is 490. The Morgan fingerprint density at radius 3 is 2.55 bits per heavy atom. The molecule has 2 amide bonds. The van der Waals surface area contributed by atoms with Crippen molar-refractivity contribution in [2.45, 2.75) is 38.9 Å². The van der Waals surface area contributed by atoms with E-state index >= 15 is 0 Å². The van der Waals surface area contributed by atoms with Gasteiger partial charge in [-0.1, -0.05) is 26.0 Å². The third-order valence-corrected chi connectivity index (χ3v) is 2.90. The summed E-state index contributed by atoms with van der Waals surface area (Å²) in [6.07, 6.45) is -4.73. The molecular weight excluding hydrogens is 297 g/mol. The van der Waals surface area contributed by atoms with Crippen LogP contribution in [0.3, 0.4) is 0 Å². The number of hydrogen-bond acceptors (Lipinski definition) is 2. The molecule has 0 radical (unpaired) electrons. The lowest BCUT2D eigenvalue weighted by Crippen LogP contribution is -2.40. The average Bonchev–Trinajstić information content (AvgIpc) is 2.35. The molecule has 0 fully saturated rings. The molecule has 1 rings (SSSR count). The van der Waals surface area contributed by atoms with Gasteiger partial charge in [0.05, 0.1) is 19.1 Å². The minimum absolute atomic E-state index is 0.0752. The van der Waals surface area contributed by atoms with Crippen LogP contribution in [0.15, 0.2) is 24.3 Å². The Hall–Kier alpha value is -1.76. The first kappa shape index (κ1) is 18.3. The summed E-state index contributed by atoms with van der Waals surface area (Å²) < 4.78 is 37.0. The van der Waals surface area contributed by atoms with Gasteiger partial charge in [-0.2, -0.15) is 13.2 Å². The molecule has 0 aromatic heterocycles. The molecule has 22 heavy (non-hydrogen) atoms. The number of halogens is 3. The van der Waals surface area contributed by atoms with Crippen LogP contribution in [-0.4, -0.2) is 30.0 Å². The van der Waals surface area contributed by atoms with Crippen molar-refractivity contribution in [1.29, 1.82) is 0 Å². The molecule has 124 valence electrons. The van der Waals surface area contributed by atoms with Gasteiger partial charge in [-0.05, 0) is 30.0 Å². The number of aliphatic hydroxyl groups is 1. The predicted molar refractivity (Wildman–Crippen MR) is 78.7 cm³/mol. The molecule has 0 spiro atoms. The molecule has 0 bridgehead atoms. The van der Waals surface area contributed by atoms with E-state index in [1.165, 1.54) is 24.3 Å². The number of carbonyl (C=O) groups excluding carboxylic acids is 1. The van der Waals surface area contributed by atoms with Crippen LogP contribution in [0, 0.1) is 5.92 Å². The molecular formula is C15H21F3N2O2. The molecule has 0 aliphatic carbocycles. The molecule has 0 aliphatic rings. The normalized spacial score (nSPS) is 13.0. The van der Waals surface area contributed by atoms with Gasteiger partial charge in [-0.15, -0.1) is 0 Å². The van der Waals surface area contributed by atoms with E-state index < -0.39 is 24.7 Å². The van der Waals surface area contributed by atoms with E-state index in [9.17, 15) is 23.1 Å². The highest BCUT2D eigenvalue weighted by molar-refractivity contribution is 5.89. The molecule has 0 saturated carbocycles. The molecule has 7 heteroatoms. The van der Waals surface area contributed by atoms with E-state index in [1.54, 1.807) is 0 Å². The molecule has 0 heterocycles. The van der Waals surface area contributed by atoms with Crippen molar-refractivity contribution < 1.29 is 23.1 Å². The lowest BCUT2D eigenvalue weighted by molar-refractivity contribution is -0.127. The number of amides is 2. The molecule has 0 saturated heterocycles. The standard InChI is InChI=1S/C15H21F3N2O2/c1-10(2)6-13(9-21)20-14(22)19-12-5-3-4-11(7-12)8-15(16,17)18/h3-5,7,10,13,21H,6,8-9H2,1-2H3,(H2,19,20,22). The number of alkyl halides is 3. The first-order chi connectivity index (χ1) is 10.2. The maximum atomic E-state index is 12.3. The highest BCUT2D eigenvalue weighted by atomic mass is 19.4. The SMILES string of the molecule is CC(C)CC(CO)NC(=O)Nc1cccc(CC(F)(F)F)c1. The summed E-state index contributed by atoms with van der Waals surface area (Å²) in [5.41, 5.74) is 0.353. The van der Waals surface area contributed by atoms with Crippen LogP contribution in [-0.2, 0) is 6.42 Å². The zero-order valence-electron chi connectivity index (χ0n) is 12.6. The minimum Gasteiger partial charge on any atom is -0.394 e. The molecule has 1 aromatic carbocycles. The van der Waals surface area contributed by atoms with Crippen molar-refractivity contribution in [2.75, 3.05) is 11.9 Å². The van der Waals surface area contributed by atoms with Crippen LogP contribution in [0.1, 0.15) is 25.8 Å². The summed E-state index contributed by atoms with van der Waals surface area (Å²) in [7, 11) is 0. The van der Waals surface area contributed by atoms with Gasteiger partial charge >= 0.3 is 12.2 Å². The zero-order valence-corrected chi connectivity index (χ0v) is 12.6. The second-order valence-electron chi connectivity index (χ2n) is 5.60. The van der Waals surface area contributed by atoms with Crippen LogP contribution >= 0.6 is 0 Å². The van der Waals surface area contributed by atoms with Crippen molar-refractivity contribution in [3.8, 4) is 0 Å². The lowest BCUT2D eigenvalue weighted by atomic mass is 10.0. The van der Waals surface area contributed by atoms with Gasteiger partial charge in [0.25, 0.3) is 0 Å². The van der Waals surface area contributed by atoms with E-state index in [1.807, 2.05) is 13.8 Å². The maximum absolute atomic E-state index is 12.3. The Morgan fingerprint density at radius 1 is 1.32 bits per heavy atom. The second kappa shape index (κ2) is 8.03. The second-order valence-corrected chi connectivity index (χ2v) is 5.60. The van der Waals surface area contributed by atoms with Crippen molar-refractivity contribution in [2.24, 2.45) is 5.92 Å². The number of nitrogens with one attached hydrogen (secondary N) is 2. The van der Waals surface area contributed by atoms with Crippen molar-refractivity contribution in [3.63, 3.8) is 0 Å². The molecule has 3 N–H and O–H groups in total. The van der Waals surface area contributed by atoms with E-state index in [2.05, 4.69) is 10.6 Å². The third-order valence-electron chi connectivity index (χ3n) is 2.90. The molecule has 1 unspecified atom stereocenters. The minimum atomic E-state index is -4.29. The monoisotopic (exact) mass is 318 g/mol. The highest BCUT2D eigenvalue weighted by Gasteiger charge is 2.27. The molecule has 1 aromatic rings. The summed E-state index contributed by atoms with van der Waals surface area (Å²) in [6, 6.07) is 4.65. The Balaban J connectivity index is 2.62. The quantitative estimate of drug-likeness (QED) is 0.753. The van der Waals surface area contributed by atoms with Crippen LogP contribution < -0.4 is 10.6 Å². The van der Waals surface area contributed by atoms with Gasteiger partial charge in [0.2, 0.25) is 0 Å². The number of urea groups is 1. The smallest absolute Gasteiger partial charge is 0.393 e. The van der Waals surface area contributed by atoms with Crippen LogP contribution in [0.25, 0.3) is 0 Å². The largest absolute Gasteiger partial charge is 0.394 e. The number of carbonyl (C=O) groups is 1.